The Balaban J connectivity index is 2.23. The lowest BCUT2D eigenvalue weighted by Crippen LogP contribution is -2.39. The lowest BCUT2D eigenvalue weighted by Gasteiger charge is -2.33. The van der Waals surface area contributed by atoms with E-state index in [2.05, 4.69) is 0 Å². The maximum absolute atomic E-state index is 12.9. The summed E-state index contributed by atoms with van der Waals surface area (Å²) in [6.07, 6.45) is -4.84. The molecular weight excluding hydrogens is 480 g/mol. The summed E-state index contributed by atoms with van der Waals surface area (Å²) in [4.78, 5) is 0. The lowest BCUT2D eigenvalue weighted by atomic mass is 9.76. The van der Waals surface area contributed by atoms with Gasteiger partial charge < -0.3 is 24.8 Å². The van der Waals surface area contributed by atoms with Crippen LogP contribution in [0.5, 0.6) is 11.5 Å². The fraction of sp³-hybridized carbons (Fsp3) is 0.556. The maximum atomic E-state index is 12.9. The van der Waals surface area contributed by atoms with Crippen LogP contribution < -0.4 is 9.47 Å². The lowest BCUT2D eigenvalue weighted by molar-refractivity contribution is -0.206. The molecule has 0 spiro atoms. The number of benzene rings is 2. The molecule has 0 fully saturated rings. The molecule has 2 atom stereocenters. The Hall–Kier alpha value is -2.36. The summed E-state index contributed by atoms with van der Waals surface area (Å²) >= 11 is 0. The average Bonchev–Trinajstić information content (AvgIpc) is 2.87. The van der Waals surface area contributed by atoms with Crippen LogP contribution in [-0.4, -0.2) is 47.5 Å². The van der Waals surface area contributed by atoms with E-state index in [4.69, 9.17) is 9.47 Å². The summed E-state index contributed by atoms with van der Waals surface area (Å²) in [5.74, 6) is -1.59. The van der Waals surface area contributed by atoms with Crippen LogP contribution in [-0.2, 0) is 25.0 Å². The van der Waals surface area contributed by atoms with E-state index in [0.29, 0.717) is 35.7 Å². The third-order valence-corrected chi connectivity index (χ3v) is 6.90. The molecule has 36 heavy (non-hydrogen) atoms. The smallest absolute Gasteiger partial charge is 0.396 e. The minimum Gasteiger partial charge on any atom is -0.493 e. The van der Waals surface area contributed by atoms with Crippen molar-refractivity contribution in [3.63, 3.8) is 0 Å². The molecule has 5 nitrogen and oxygen atoms in total. The highest BCUT2D eigenvalue weighted by Gasteiger charge is 2.44. The minimum absolute atomic E-state index is 0.181. The second-order valence-corrected chi connectivity index (χ2v) is 8.88. The van der Waals surface area contributed by atoms with Crippen LogP contribution in [0.4, 0.5) is 17.6 Å². The number of ether oxygens (including phenoxy) is 2. The van der Waals surface area contributed by atoms with E-state index in [9.17, 15) is 32.9 Å². The van der Waals surface area contributed by atoms with Gasteiger partial charge in [-0.05, 0) is 59.7 Å². The zero-order chi connectivity index (χ0) is 26.9. The Morgan fingerprint density at radius 1 is 0.861 bits per heavy atom. The number of halogens is 4. The summed E-state index contributed by atoms with van der Waals surface area (Å²) in [5.41, 5.74) is 2.58. The van der Waals surface area contributed by atoms with Crippen molar-refractivity contribution >= 4 is 0 Å². The Kier molecular flexibility index (Phi) is 11.0. The van der Waals surface area contributed by atoms with Gasteiger partial charge in [-0.1, -0.05) is 39.0 Å². The van der Waals surface area contributed by atoms with E-state index in [0.717, 1.165) is 24.0 Å². The predicted molar refractivity (Wildman–Crippen MR) is 129 cm³/mol. The van der Waals surface area contributed by atoms with Gasteiger partial charge in [0.05, 0.1) is 19.8 Å². The number of aryl methyl sites for hydroxylation is 1. The van der Waals surface area contributed by atoms with E-state index in [1.54, 1.807) is 24.3 Å². The molecular formula is C27H36F4O5. The first-order valence-corrected chi connectivity index (χ1v) is 12.1. The summed E-state index contributed by atoms with van der Waals surface area (Å²) in [7, 11) is 0. The maximum Gasteiger partial charge on any atom is 0.396 e. The Morgan fingerprint density at radius 3 is 2.06 bits per heavy atom. The second-order valence-electron chi connectivity index (χ2n) is 8.88. The second kappa shape index (κ2) is 13.3. The Bertz CT molecular complexity index is 960. The van der Waals surface area contributed by atoms with Crippen LogP contribution in [0, 0.1) is 5.92 Å². The third kappa shape index (κ3) is 7.11. The Morgan fingerprint density at radius 2 is 1.53 bits per heavy atom. The van der Waals surface area contributed by atoms with E-state index >= 15 is 0 Å². The van der Waals surface area contributed by atoms with Crippen molar-refractivity contribution in [1.82, 2.24) is 0 Å². The minimum atomic E-state index is -4.85. The summed E-state index contributed by atoms with van der Waals surface area (Å²) in [5, 5.41) is 28.8. The van der Waals surface area contributed by atoms with Crippen molar-refractivity contribution in [2.45, 2.75) is 70.9 Å². The van der Waals surface area contributed by atoms with Gasteiger partial charge in [-0.15, -0.1) is 0 Å². The molecule has 9 heteroatoms. The fourth-order valence-electron chi connectivity index (χ4n) is 4.19. The molecule has 0 aliphatic heterocycles. The highest BCUT2D eigenvalue weighted by molar-refractivity contribution is 5.41. The number of hydrogen-bond acceptors (Lipinski definition) is 5. The Labute approximate surface area is 209 Å². The molecule has 2 aromatic rings. The summed E-state index contributed by atoms with van der Waals surface area (Å²) in [6, 6.07) is 10.6. The third-order valence-electron chi connectivity index (χ3n) is 6.90. The molecule has 0 aliphatic carbocycles. The molecule has 0 aliphatic rings. The first-order valence-electron chi connectivity index (χ1n) is 12.1. The molecule has 0 radical (unpaired) electrons. The van der Waals surface area contributed by atoms with E-state index in [1.165, 1.54) is 0 Å². The largest absolute Gasteiger partial charge is 0.493 e. The molecule has 202 valence electrons. The highest BCUT2D eigenvalue weighted by atomic mass is 19.4. The quantitative estimate of drug-likeness (QED) is 0.299. The van der Waals surface area contributed by atoms with Gasteiger partial charge in [-0.2, -0.15) is 13.2 Å². The number of hydrogen-bond donors (Lipinski definition) is 3. The normalized spacial score (nSPS) is 13.9. The van der Waals surface area contributed by atoms with Gasteiger partial charge in [0.2, 0.25) is 0 Å². The van der Waals surface area contributed by atoms with Gasteiger partial charge in [0.25, 0.3) is 0 Å². The van der Waals surface area contributed by atoms with Gasteiger partial charge in [-0.3, -0.25) is 4.39 Å². The topological polar surface area (TPSA) is 79.2 Å². The van der Waals surface area contributed by atoms with Crippen molar-refractivity contribution < 1.29 is 42.4 Å². The van der Waals surface area contributed by atoms with Crippen molar-refractivity contribution in [1.29, 1.82) is 0 Å². The number of rotatable bonds is 14. The summed E-state index contributed by atoms with van der Waals surface area (Å²) < 4.78 is 63.1. The molecule has 0 saturated heterocycles. The van der Waals surface area contributed by atoms with E-state index in [1.807, 2.05) is 32.9 Å². The fourth-order valence-corrected chi connectivity index (χ4v) is 4.19. The van der Waals surface area contributed by atoms with Crippen LogP contribution in [0.25, 0.3) is 0 Å². The molecule has 2 rings (SSSR count). The molecule has 0 heterocycles. The number of alkyl halides is 4. The van der Waals surface area contributed by atoms with Crippen LogP contribution >= 0.6 is 0 Å². The zero-order valence-corrected chi connectivity index (χ0v) is 20.9. The van der Waals surface area contributed by atoms with Crippen molar-refractivity contribution in [2.24, 2.45) is 5.92 Å². The number of aliphatic hydroxyl groups is 3. The molecule has 2 aromatic carbocycles. The SMILES string of the molecule is CCc1cc(C(CC)(CC)COc2ccc(CO)c(CO)c2)ccc1OCC(O)C(CF)C(F)(F)F. The zero-order valence-electron chi connectivity index (χ0n) is 20.9. The van der Waals surface area contributed by atoms with Crippen molar-refractivity contribution in [2.75, 3.05) is 19.9 Å². The van der Waals surface area contributed by atoms with Gasteiger partial charge in [-0.25, -0.2) is 0 Å². The molecule has 3 N–H and O–H groups in total. The monoisotopic (exact) mass is 516 g/mol. The van der Waals surface area contributed by atoms with Gasteiger partial charge in [0.15, 0.2) is 0 Å². The van der Waals surface area contributed by atoms with Crippen LogP contribution in [0.1, 0.15) is 55.9 Å². The van der Waals surface area contributed by atoms with E-state index in [-0.39, 0.29) is 18.6 Å². The van der Waals surface area contributed by atoms with E-state index < -0.39 is 31.5 Å². The average molecular weight is 517 g/mol. The van der Waals surface area contributed by atoms with Crippen LogP contribution in [0.3, 0.4) is 0 Å². The first-order chi connectivity index (χ1) is 17.1. The molecule has 0 saturated carbocycles. The molecule has 2 unspecified atom stereocenters. The highest BCUT2D eigenvalue weighted by Crippen LogP contribution is 2.36. The van der Waals surface area contributed by atoms with Gasteiger partial charge in [0.1, 0.15) is 36.8 Å². The molecule has 0 amide bonds. The van der Waals surface area contributed by atoms with Crippen LogP contribution in [0.15, 0.2) is 36.4 Å². The first kappa shape index (κ1) is 29.9. The summed E-state index contributed by atoms with van der Waals surface area (Å²) in [6.45, 7) is 3.53. The molecule has 0 aromatic heterocycles. The van der Waals surface area contributed by atoms with Gasteiger partial charge >= 0.3 is 6.18 Å². The number of aliphatic hydroxyl groups excluding tert-OH is 3. The van der Waals surface area contributed by atoms with Crippen molar-refractivity contribution in [3.8, 4) is 11.5 Å². The van der Waals surface area contributed by atoms with Crippen LogP contribution in [0.2, 0.25) is 0 Å². The molecule has 0 bridgehead atoms. The van der Waals surface area contributed by atoms with Crippen molar-refractivity contribution in [3.05, 3.63) is 58.7 Å². The predicted octanol–water partition coefficient (Wildman–Crippen LogP) is 5.26. The standard InChI is InChI=1S/C27H36F4O5/c1-4-18-11-21(8-10-25(18)35-16-24(34)23(13-28)27(29,30)31)26(5-2,6-3)17-36-22-9-7-19(14-32)20(12-22)15-33/h7-12,23-24,32-34H,4-6,13-17H2,1-3H3. The van der Waals surface area contributed by atoms with Gasteiger partial charge in [0, 0.05) is 5.41 Å².